The molecule has 3 rings (SSSR count). The van der Waals surface area contributed by atoms with Gasteiger partial charge >= 0.3 is 0 Å². The number of nitrogens with zero attached hydrogens (tertiary/aromatic N) is 2. The van der Waals surface area contributed by atoms with Gasteiger partial charge in [0.2, 0.25) is 0 Å². The quantitative estimate of drug-likeness (QED) is 0.574. The second-order valence-electron chi connectivity index (χ2n) is 5.53. The highest BCUT2D eigenvalue weighted by atomic mass is 16.6. The van der Waals surface area contributed by atoms with E-state index < -0.39 is 4.92 Å². The molecule has 1 aromatic heterocycles. The van der Waals surface area contributed by atoms with Gasteiger partial charge in [-0.25, -0.2) is 4.98 Å². The van der Waals surface area contributed by atoms with E-state index >= 15 is 0 Å². The highest BCUT2D eigenvalue weighted by Gasteiger charge is 2.18. The molecule has 0 saturated heterocycles. The fourth-order valence-electron chi connectivity index (χ4n) is 2.67. The summed E-state index contributed by atoms with van der Waals surface area (Å²) in [5.74, 6) is 0.893. The van der Waals surface area contributed by atoms with Gasteiger partial charge in [0, 0.05) is 23.3 Å². The number of nitro benzene ring substituents is 1. The Bertz CT molecular complexity index is 1020. The molecule has 0 aliphatic carbocycles. The lowest BCUT2D eigenvalue weighted by atomic mass is 9.98. The third-order valence-electron chi connectivity index (χ3n) is 3.98. The van der Waals surface area contributed by atoms with Gasteiger partial charge in [0.1, 0.15) is 23.1 Å². The van der Waals surface area contributed by atoms with Crippen molar-refractivity contribution in [3.63, 3.8) is 0 Å². The van der Waals surface area contributed by atoms with Crippen molar-refractivity contribution in [3.8, 4) is 34.2 Å². The van der Waals surface area contributed by atoms with Crippen molar-refractivity contribution < 1.29 is 14.6 Å². The number of benzene rings is 2. The van der Waals surface area contributed by atoms with Crippen LogP contribution in [0, 0.1) is 21.4 Å². The molecule has 0 atom stereocenters. The van der Waals surface area contributed by atoms with Crippen molar-refractivity contribution in [1.82, 2.24) is 0 Å². The number of aromatic nitrogens is 1. The van der Waals surface area contributed by atoms with Crippen LogP contribution in [0.15, 0.2) is 54.6 Å². The van der Waals surface area contributed by atoms with Crippen LogP contribution in [0.4, 0.5) is 11.5 Å². The molecule has 0 saturated carbocycles. The zero-order valence-corrected chi connectivity index (χ0v) is 13.9. The molecule has 26 heavy (non-hydrogen) atoms. The molecule has 0 bridgehead atoms. The van der Waals surface area contributed by atoms with Gasteiger partial charge < -0.3 is 4.74 Å². The first kappa shape index (κ1) is 16.9. The molecule has 7 nitrogen and oxygen atoms in total. The van der Waals surface area contributed by atoms with Gasteiger partial charge in [0.25, 0.3) is 11.5 Å². The van der Waals surface area contributed by atoms with E-state index in [2.05, 4.69) is 11.1 Å². The van der Waals surface area contributed by atoms with Crippen LogP contribution in [0.5, 0.6) is 5.75 Å². The lowest BCUT2D eigenvalue weighted by Gasteiger charge is -2.08. The van der Waals surface area contributed by atoms with E-state index in [1.54, 1.807) is 37.4 Å². The van der Waals surface area contributed by atoms with Crippen LogP contribution in [0.3, 0.4) is 0 Å². The standard InChI is InChI=1S/C19H14N4O3/c1-26-15-7-5-12(6-8-15)16-10-18(22-19(21)17(16)11-20)13-3-2-4-14(9-13)23(24)25/h2-10H,1H3,(H2,21,22)/p+1. The number of ether oxygens (including phenoxy) is 1. The number of hydrogen-bond acceptors (Lipinski definition) is 5. The smallest absolute Gasteiger partial charge is 0.289 e. The number of nitriles is 1. The first-order chi connectivity index (χ1) is 12.5. The van der Waals surface area contributed by atoms with Crippen LogP contribution >= 0.6 is 0 Å². The zero-order chi connectivity index (χ0) is 18.7. The third kappa shape index (κ3) is 3.16. The third-order valence-corrected chi connectivity index (χ3v) is 3.98. The van der Waals surface area contributed by atoms with Crippen LogP contribution in [0.1, 0.15) is 5.56 Å². The summed E-state index contributed by atoms with van der Waals surface area (Å²) in [6.07, 6.45) is 0. The number of methoxy groups -OCH3 is 1. The van der Waals surface area contributed by atoms with Gasteiger partial charge in [-0.05, 0) is 23.8 Å². The Balaban J connectivity index is 2.17. The molecule has 0 aliphatic rings. The lowest BCUT2D eigenvalue weighted by molar-refractivity contribution is -0.385. The highest BCUT2D eigenvalue weighted by molar-refractivity contribution is 5.78. The van der Waals surface area contributed by atoms with E-state index in [1.165, 1.54) is 12.1 Å². The summed E-state index contributed by atoms with van der Waals surface area (Å²) in [6.45, 7) is 0. The number of H-pyrrole nitrogens is 1. The van der Waals surface area contributed by atoms with E-state index in [-0.39, 0.29) is 11.5 Å². The Morgan fingerprint density at radius 2 is 1.88 bits per heavy atom. The lowest BCUT2D eigenvalue weighted by Crippen LogP contribution is -2.16. The molecule has 0 amide bonds. The molecule has 0 radical (unpaired) electrons. The van der Waals surface area contributed by atoms with Crippen LogP contribution in [-0.4, -0.2) is 12.0 Å². The van der Waals surface area contributed by atoms with Gasteiger partial charge in [0.15, 0.2) is 0 Å². The number of nitro groups is 1. The molecule has 0 aliphatic heterocycles. The van der Waals surface area contributed by atoms with Crippen molar-refractivity contribution in [2.24, 2.45) is 0 Å². The molecule has 0 unspecified atom stereocenters. The van der Waals surface area contributed by atoms with Crippen molar-refractivity contribution >= 4 is 11.5 Å². The molecule has 0 fully saturated rings. The number of aromatic amines is 1. The van der Waals surface area contributed by atoms with Crippen molar-refractivity contribution in [2.45, 2.75) is 0 Å². The monoisotopic (exact) mass is 347 g/mol. The number of rotatable bonds is 4. The van der Waals surface area contributed by atoms with Crippen molar-refractivity contribution in [2.75, 3.05) is 12.8 Å². The number of pyridine rings is 1. The van der Waals surface area contributed by atoms with Gasteiger partial charge in [-0.15, -0.1) is 0 Å². The van der Waals surface area contributed by atoms with Crippen LogP contribution in [-0.2, 0) is 0 Å². The minimum atomic E-state index is -0.457. The number of nitrogens with one attached hydrogen (secondary N) is 1. The van der Waals surface area contributed by atoms with E-state index in [0.717, 1.165) is 5.56 Å². The number of hydrogen-bond donors (Lipinski definition) is 1. The summed E-state index contributed by atoms with van der Waals surface area (Å²) < 4.78 is 5.15. The largest absolute Gasteiger partial charge is 0.497 e. The first-order valence-electron chi connectivity index (χ1n) is 7.68. The normalized spacial score (nSPS) is 10.2. The maximum Gasteiger partial charge on any atom is 0.289 e. The zero-order valence-electron chi connectivity index (χ0n) is 13.9. The van der Waals surface area contributed by atoms with Crippen LogP contribution in [0.25, 0.3) is 22.4 Å². The average Bonchev–Trinajstić information content (AvgIpc) is 2.67. The number of nitrogen functional groups attached to an aromatic ring is 1. The average molecular weight is 347 g/mol. The van der Waals surface area contributed by atoms with E-state index in [0.29, 0.717) is 28.1 Å². The first-order valence-corrected chi connectivity index (χ1v) is 7.68. The SMILES string of the molecule is COc1ccc(-c2cc(-c3cccc([N+](=O)[O-])c3)[nH+]c(N)c2C#N)cc1. The Labute approximate surface area is 149 Å². The molecular weight excluding hydrogens is 332 g/mol. The molecule has 0 spiro atoms. The molecule has 7 heteroatoms. The molecule has 2 aromatic carbocycles. The minimum Gasteiger partial charge on any atom is -0.497 e. The van der Waals surface area contributed by atoms with Crippen molar-refractivity contribution in [1.29, 1.82) is 5.26 Å². The Morgan fingerprint density at radius 3 is 2.50 bits per heavy atom. The summed E-state index contributed by atoms with van der Waals surface area (Å²) in [5.41, 5.74) is 8.91. The molecule has 128 valence electrons. The second kappa shape index (κ2) is 6.91. The topological polar surface area (TPSA) is 116 Å². The second-order valence-corrected chi connectivity index (χ2v) is 5.53. The highest BCUT2D eigenvalue weighted by Crippen LogP contribution is 2.31. The minimum absolute atomic E-state index is 0.0233. The van der Waals surface area contributed by atoms with Crippen LogP contribution < -0.4 is 15.5 Å². The maximum atomic E-state index is 11.0. The summed E-state index contributed by atoms with van der Waals surface area (Å²) in [5, 5.41) is 20.5. The summed E-state index contributed by atoms with van der Waals surface area (Å²) in [4.78, 5) is 13.5. The Hall–Kier alpha value is -3.92. The van der Waals surface area contributed by atoms with Crippen LogP contribution in [0.2, 0.25) is 0 Å². The fraction of sp³-hybridized carbons (Fsp3) is 0.0526. The summed E-state index contributed by atoms with van der Waals surface area (Å²) in [6, 6.07) is 17.3. The summed E-state index contributed by atoms with van der Waals surface area (Å²) in [7, 11) is 1.57. The molecule has 3 N–H and O–H groups in total. The van der Waals surface area contributed by atoms with Crippen molar-refractivity contribution in [3.05, 3.63) is 70.3 Å². The number of non-ortho nitro benzene ring substituents is 1. The van der Waals surface area contributed by atoms with Gasteiger partial charge in [-0.3, -0.25) is 15.8 Å². The number of nitrogens with two attached hydrogens (primary N) is 1. The van der Waals surface area contributed by atoms with E-state index in [4.69, 9.17) is 10.5 Å². The predicted octanol–water partition coefficient (Wildman–Crippen LogP) is 3.21. The Morgan fingerprint density at radius 1 is 1.15 bits per heavy atom. The van der Waals surface area contributed by atoms with E-state index in [1.807, 2.05) is 12.1 Å². The molecular formula is C19H15N4O3+. The fourth-order valence-corrected chi connectivity index (χ4v) is 2.67. The maximum absolute atomic E-state index is 11.0. The van der Waals surface area contributed by atoms with E-state index in [9.17, 15) is 15.4 Å². The van der Waals surface area contributed by atoms with Gasteiger partial charge in [-0.2, -0.15) is 5.26 Å². The Kier molecular flexibility index (Phi) is 4.50. The summed E-state index contributed by atoms with van der Waals surface area (Å²) >= 11 is 0. The predicted molar refractivity (Wildman–Crippen MR) is 96.2 cm³/mol. The van der Waals surface area contributed by atoms with Gasteiger partial charge in [-0.1, -0.05) is 24.3 Å². The molecule has 1 heterocycles. The van der Waals surface area contributed by atoms with Gasteiger partial charge in [0.05, 0.1) is 12.0 Å². The molecule has 3 aromatic rings. The number of anilines is 1.